The summed E-state index contributed by atoms with van der Waals surface area (Å²) in [5, 5.41) is 0.752. The molecular formula is C17H19ClO. The van der Waals surface area contributed by atoms with Crippen LogP contribution < -0.4 is 0 Å². The molecule has 4 atom stereocenters. The third kappa shape index (κ3) is 1.78. The van der Waals surface area contributed by atoms with Gasteiger partial charge in [0.05, 0.1) is 0 Å². The Morgan fingerprint density at radius 3 is 2.58 bits per heavy atom. The largest absolute Gasteiger partial charge is 0.299 e. The Morgan fingerprint density at radius 2 is 1.95 bits per heavy atom. The first-order valence-corrected chi connectivity index (χ1v) is 7.80. The summed E-state index contributed by atoms with van der Waals surface area (Å²) in [5.41, 5.74) is 2.16. The maximum atomic E-state index is 12.5. The van der Waals surface area contributed by atoms with Crippen molar-refractivity contribution in [1.82, 2.24) is 0 Å². The Bertz CT molecular complexity index is 534. The molecule has 0 saturated heterocycles. The molecule has 3 aliphatic rings. The Kier molecular flexibility index (Phi) is 2.57. The fourth-order valence-corrected chi connectivity index (χ4v) is 5.16. The third-order valence-corrected chi connectivity index (χ3v) is 6.03. The molecule has 1 aromatic rings. The van der Waals surface area contributed by atoms with Gasteiger partial charge in [0.2, 0.25) is 0 Å². The highest BCUT2D eigenvalue weighted by Gasteiger charge is 2.66. The van der Waals surface area contributed by atoms with Crippen molar-refractivity contribution in [3.05, 3.63) is 34.3 Å². The van der Waals surface area contributed by atoms with Crippen LogP contribution >= 0.6 is 11.6 Å². The molecule has 3 aliphatic carbocycles. The molecule has 0 spiro atoms. The van der Waals surface area contributed by atoms with Crippen LogP contribution in [0.25, 0.3) is 0 Å². The van der Waals surface area contributed by atoms with Gasteiger partial charge in [0.25, 0.3) is 0 Å². The zero-order valence-electron chi connectivity index (χ0n) is 11.2. The van der Waals surface area contributed by atoms with Gasteiger partial charge in [-0.25, -0.2) is 0 Å². The fourth-order valence-electron chi connectivity index (χ4n) is 4.86. The molecule has 0 aromatic heterocycles. The van der Waals surface area contributed by atoms with E-state index in [9.17, 15) is 4.79 Å². The Morgan fingerprint density at radius 1 is 1.26 bits per heavy atom. The normalized spacial score (nSPS) is 38.3. The fraction of sp³-hybridized carbons (Fsp3) is 0.588. The van der Waals surface area contributed by atoms with Crippen molar-refractivity contribution >= 4 is 17.4 Å². The molecule has 3 saturated carbocycles. The lowest BCUT2D eigenvalue weighted by Gasteiger charge is -2.09. The van der Waals surface area contributed by atoms with Crippen LogP contribution in [-0.2, 0) is 11.2 Å². The van der Waals surface area contributed by atoms with Gasteiger partial charge in [-0.1, -0.05) is 23.7 Å². The van der Waals surface area contributed by atoms with E-state index in [1.165, 1.54) is 19.3 Å². The molecule has 100 valence electrons. The second-order valence-electron chi connectivity index (χ2n) is 6.75. The van der Waals surface area contributed by atoms with E-state index in [2.05, 4.69) is 0 Å². The Labute approximate surface area is 119 Å². The minimum atomic E-state index is 0.378. The van der Waals surface area contributed by atoms with Crippen molar-refractivity contribution in [2.45, 2.75) is 32.6 Å². The smallest absolute Gasteiger partial charge is 0.140 e. The average Bonchev–Trinajstić information content (AvgIpc) is 2.82. The number of Topliss-reactive ketones (excluding diaryl/α,β-unsaturated/α-hetero) is 1. The summed E-state index contributed by atoms with van der Waals surface area (Å²) in [6.45, 7) is 2.03. The molecule has 2 heteroatoms. The Hall–Kier alpha value is -0.820. The van der Waals surface area contributed by atoms with Gasteiger partial charge in [-0.3, -0.25) is 4.79 Å². The van der Waals surface area contributed by atoms with Crippen LogP contribution in [0.15, 0.2) is 18.2 Å². The van der Waals surface area contributed by atoms with Crippen molar-refractivity contribution in [3.8, 4) is 0 Å². The minimum absolute atomic E-state index is 0.378. The van der Waals surface area contributed by atoms with Crippen molar-refractivity contribution < 1.29 is 4.79 Å². The van der Waals surface area contributed by atoms with Gasteiger partial charge >= 0.3 is 0 Å². The van der Waals surface area contributed by atoms with E-state index < -0.39 is 0 Å². The summed E-state index contributed by atoms with van der Waals surface area (Å²) in [6, 6.07) is 6.02. The predicted octanol–water partition coefficient (Wildman–Crippen LogP) is 4.05. The summed E-state index contributed by atoms with van der Waals surface area (Å²) >= 11 is 6.24. The van der Waals surface area contributed by atoms with Gasteiger partial charge in [0.1, 0.15) is 5.78 Å². The van der Waals surface area contributed by atoms with E-state index >= 15 is 0 Å². The Balaban J connectivity index is 1.48. The molecule has 4 unspecified atom stereocenters. The van der Waals surface area contributed by atoms with Gasteiger partial charge in [-0.2, -0.15) is 0 Å². The number of rotatable bonds is 3. The van der Waals surface area contributed by atoms with Gasteiger partial charge < -0.3 is 0 Å². The number of benzene rings is 1. The molecule has 0 heterocycles. The van der Waals surface area contributed by atoms with Crippen LogP contribution in [0.2, 0.25) is 5.02 Å². The number of aryl methyl sites for hydroxylation is 1. The number of halogens is 1. The number of ketones is 1. The lowest BCUT2D eigenvalue weighted by atomic mass is 9.96. The third-order valence-electron chi connectivity index (χ3n) is 5.68. The highest BCUT2D eigenvalue weighted by atomic mass is 35.5. The van der Waals surface area contributed by atoms with E-state index in [-0.39, 0.29) is 0 Å². The molecule has 0 radical (unpaired) electrons. The van der Waals surface area contributed by atoms with E-state index in [4.69, 9.17) is 11.6 Å². The molecule has 1 aromatic carbocycles. The first kappa shape index (κ1) is 12.0. The lowest BCUT2D eigenvalue weighted by molar-refractivity contribution is -0.120. The van der Waals surface area contributed by atoms with Crippen LogP contribution in [-0.4, -0.2) is 5.78 Å². The summed E-state index contributed by atoms with van der Waals surface area (Å²) in [7, 11) is 0. The van der Waals surface area contributed by atoms with Crippen molar-refractivity contribution in [1.29, 1.82) is 0 Å². The molecule has 19 heavy (non-hydrogen) atoms. The number of hydrogen-bond acceptors (Lipinski definition) is 1. The van der Waals surface area contributed by atoms with E-state index in [1.807, 2.05) is 25.1 Å². The van der Waals surface area contributed by atoms with E-state index in [0.29, 0.717) is 18.1 Å². The molecule has 0 amide bonds. The summed E-state index contributed by atoms with van der Waals surface area (Å²) < 4.78 is 0. The molecule has 2 bridgehead atoms. The maximum absolute atomic E-state index is 12.5. The molecule has 0 N–H and O–H groups in total. The molecule has 1 nitrogen and oxygen atoms in total. The number of hydrogen-bond donors (Lipinski definition) is 0. The van der Waals surface area contributed by atoms with Crippen LogP contribution in [0.3, 0.4) is 0 Å². The summed E-state index contributed by atoms with van der Waals surface area (Å²) in [5.74, 6) is 4.06. The maximum Gasteiger partial charge on any atom is 0.140 e. The van der Waals surface area contributed by atoms with Gasteiger partial charge in [0.15, 0.2) is 0 Å². The van der Waals surface area contributed by atoms with Crippen LogP contribution in [0, 0.1) is 36.5 Å². The number of carbonyl (C=O) groups is 1. The van der Waals surface area contributed by atoms with Crippen LogP contribution in [0.5, 0.6) is 0 Å². The first-order valence-electron chi connectivity index (χ1n) is 7.43. The van der Waals surface area contributed by atoms with Gasteiger partial charge in [0, 0.05) is 17.4 Å². The highest BCUT2D eigenvalue weighted by molar-refractivity contribution is 6.31. The van der Waals surface area contributed by atoms with E-state index in [1.54, 1.807) is 0 Å². The van der Waals surface area contributed by atoms with Gasteiger partial charge in [-0.05, 0) is 67.1 Å². The average molecular weight is 275 g/mol. The quantitative estimate of drug-likeness (QED) is 0.813. The predicted molar refractivity (Wildman–Crippen MR) is 76.2 cm³/mol. The monoisotopic (exact) mass is 274 g/mol. The zero-order chi connectivity index (χ0) is 13.1. The summed E-state index contributed by atoms with van der Waals surface area (Å²) in [6.07, 6.45) is 4.70. The molecule has 3 fully saturated rings. The SMILES string of the molecule is Cc1ccc(CC(=O)C2C3C4CCC(C4)C23)c(Cl)c1. The molecule has 0 aliphatic heterocycles. The standard InChI is InChI=1S/C17H19ClO/c1-9-2-3-10(13(18)6-9)8-14(19)17-15-11-4-5-12(7-11)16(15)17/h2-3,6,11-12,15-17H,4-5,7-8H2,1H3. The van der Waals surface area contributed by atoms with Gasteiger partial charge in [-0.15, -0.1) is 0 Å². The van der Waals surface area contributed by atoms with Crippen molar-refractivity contribution in [2.75, 3.05) is 0 Å². The molecular weight excluding hydrogens is 256 g/mol. The lowest BCUT2D eigenvalue weighted by Crippen LogP contribution is -2.12. The first-order chi connectivity index (χ1) is 9.15. The van der Waals surface area contributed by atoms with E-state index in [0.717, 1.165) is 39.8 Å². The second kappa shape index (κ2) is 4.09. The number of carbonyl (C=O) groups excluding carboxylic acids is 1. The zero-order valence-corrected chi connectivity index (χ0v) is 12.0. The second-order valence-corrected chi connectivity index (χ2v) is 7.16. The number of fused-ring (bicyclic) bond motifs is 5. The van der Waals surface area contributed by atoms with Crippen molar-refractivity contribution in [2.24, 2.45) is 29.6 Å². The summed E-state index contributed by atoms with van der Waals surface area (Å²) in [4.78, 5) is 12.5. The highest BCUT2D eigenvalue weighted by Crippen LogP contribution is 2.69. The van der Waals surface area contributed by atoms with Crippen molar-refractivity contribution in [3.63, 3.8) is 0 Å². The van der Waals surface area contributed by atoms with Crippen LogP contribution in [0.4, 0.5) is 0 Å². The van der Waals surface area contributed by atoms with Crippen LogP contribution in [0.1, 0.15) is 30.4 Å². The minimum Gasteiger partial charge on any atom is -0.299 e. The molecule has 4 rings (SSSR count). The topological polar surface area (TPSA) is 17.1 Å².